The second-order valence-corrected chi connectivity index (χ2v) is 40.2. The molecule has 0 bridgehead atoms. The molecule has 0 N–H and O–H groups in total. The molecular weight excluding hydrogens is 1870 g/mol. The molecule has 0 unspecified atom stereocenters. The molecule has 9 nitrogen and oxygen atoms in total. The van der Waals surface area contributed by atoms with Crippen molar-refractivity contribution in [2.24, 2.45) is 0 Å². The average Bonchev–Trinajstić information content (AvgIpc) is 1.61. The molecule has 0 saturated heterocycles. The van der Waals surface area contributed by atoms with Crippen molar-refractivity contribution >= 4 is 148 Å². The molecule has 149 heavy (non-hydrogen) atoms. The van der Waals surface area contributed by atoms with Gasteiger partial charge in [0, 0.05) is 111 Å². The van der Waals surface area contributed by atoms with Gasteiger partial charge in [-0.2, -0.15) is 0 Å². The Hall–Kier alpha value is -19.0. The van der Waals surface area contributed by atoms with Gasteiger partial charge in [-0.1, -0.05) is 473 Å². The normalized spacial score (nSPS) is 11.5. The van der Waals surface area contributed by atoms with Gasteiger partial charge >= 0.3 is 0 Å². The monoisotopic (exact) mass is 1950 g/mol. The smallest absolute Gasteiger partial charge is 0.165 e. The zero-order chi connectivity index (χ0) is 98.6. The molecule has 6 aromatic heterocycles. The van der Waals surface area contributed by atoms with Crippen molar-refractivity contribution < 1.29 is 0 Å². The molecule has 0 radical (unpaired) electrons. The number of rotatable bonds is 15. The molecule has 23 aromatic carbocycles. The van der Waals surface area contributed by atoms with Crippen molar-refractivity contribution in [2.45, 2.75) is 0 Å². The quantitative estimate of drug-likeness (QED) is 0.0925. The van der Waals surface area contributed by atoms with Crippen LogP contribution in [0.25, 0.3) is 284 Å². The predicted octanol–water partition coefficient (Wildman–Crippen LogP) is 37.5. The van der Waals surface area contributed by atoms with E-state index in [9.17, 15) is 0 Å². The number of hydrogen-bond donors (Lipinski definition) is 0. The number of hydrogen-bond acceptors (Lipinski definition) is 12. The van der Waals surface area contributed by atoms with Gasteiger partial charge in [-0.15, -0.1) is 34.0 Å². The van der Waals surface area contributed by atoms with Gasteiger partial charge in [0.2, 0.25) is 0 Å². The first-order valence-corrected chi connectivity index (χ1v) is 52.4. The van der Waals surface area contributed by atoms with Gasteiger partial charge < -0.3 is 0 Å². The minimum Gasteiger partial charge on any atom is -0.208 e. The number of thiophene rings is 3. The SMILES string of the molecule is c1ccc(-c2cc3ccccc3c3ccccc23)c(-c2nc(-c3c(-c4cccc5ccccc45)ccc4ccccc34)nc(-c3cccc4c3sc3ccccc34)n2)c1.c1ccc(-c2ccccc2-c2nc(-c3ccccc3-c3cccc4ccccc34)nc(-c3cccc4c3sc3ccccc34)n2)cc1.c1ccc(-c2ccccc2-c2nc(-c3ccccc3-c3ccccc3)nc(-c3cccc4c3sc3ccccc34)n2)cc1. The van der Waals surface area contributed by atoms with E-state index in [0.717, 1.165) is 132 Å². The van der Waals surface area contributed by atoms with Gasteiger partial charge in [-0.3, -0.25) is 0 Å². The minimum atomic E-state index is 0.632. The summed E-state index contributed by atoms with van der Waals surface area (Å²) in [6.07, 6.45) is 0. The molecule has 6 heterocycles. The Morgan fingerprint density at radius 3 is 0.738 bits per heavy atom. The maximum atomic E-state index is 5.55. The molecule has 0 spiro atoms. The number of nitrogens with zero attached hydrogens (tertiary/aromatic N) is 9. The molecule has 0 saturated carbocycles. The van der Waals surface area contributed by atoms with E-state index >= 15 is 0 Å². The average molecular weight is 1950 g/mol. The van der Waals surface area contributed by atoms with Crippen molar-refractivity contribution in [3.05, 3.63) is 516 Å². The van der Waals surface area contributed by atoms with E-state index in [2.05, 4.69) is 497 Å². The summed E-state index contributed by atoms with van der Waals surface area (Å²) in [6, 6.07) is 181. The Bertz CT molecular complexity index is 10200. The van der Waals surface area contributed by atoms with E-state index in [1.54, 1.807) is 34.0 Å². The second-order valence-electron chi connectivity index (χ2n) is 37.0. The Morgan fingerprint density at radius 2 is 0.349 bits per heavy atom. The van der Waals surface area contributed by atoms with Crippen LogP contribution in [0, 0.1) is 0 Å². The highest BCUT2D eigenvalue weighted by molar-refractivity contribution is 7.27. The lowest BCUT2D eigenvalue weighted by molar-refractivity contribution is 1.08. The molecule has 0 atom stereocenters. The van der Waals surface area contributed by atoms with Crippen LogP contribution in [0.5, 0.6) is 0 Å². The van der Waals surface area contributed by atoms with Gasteiger partial charge in [-0.05, 0) is 163 Å². The Labute approximate surface area is 871 Å². The van der Waals surface area contributed by atoms with Crippen LogP contribution in [-0.2, 0) is 0 Å². The molecule has 0 aliphatic rings. The predicted molar refractivity (Wildman–Crippen MR) is 627 cm³/mol. The Balaban J connectivity index is 0.000000112. The summed E-state index contributed by atoms with van der Waals surface area (Å²) in [5.41, 5.74) is 22.1. The van der Waals surface area contributed by atoms with E-state index in [0.29, 0.717) is 52.4 Å². The number of benzene rings is 23. The fourth-order valence-electron chi connectivity index (χ4n) is 21.4. The van der Waals surface area contributed by atoms with Gasteiger partial charge in [0.15, 0.2) is 52.4 Å². The van der Waals surface area contributed by atoms with E-state index in [1.807, 2.05) is 18.2 Å². The van der Waals surface area contributed by atoms with Crippen LogP contribution in [0.2, 0.25) is 0 Å². The maximum Gasteiger partial charge on any atom is 0.165 e. The zero-order valence-electron chi connectivity index (χ0n) is 80.3. The highest BCUT2D eigenvalue weighted by Crippen LogP contribution is 2.50. The lowest BCUT2D eigenvalue weighted by Crippen LogP contribution is -2.03. The zero-order valence-corrected chi connectivity index (χ0v) is 82.8. The molecule has 29 aromatic rings. The topological polar surface area (TPSA) is 116 Å². The van der Waals surface area contributed by atoms with Crippen LogP contribution in [0.3, 0.4) is 0 Å². The van der Waals surface area contributed by atoms with Gasteiger partial charge in [0.25, 0.3) is 0 Å². The van der Waals surface area contributed by atoms with Crippen molar-refractivity contribution in [3.63, 3.8) is 0 Å². The summed E-state index contributed by atoms with van der Waals surface area (Å²) >= 11 is 5.37. The second kappa shape index (κ2) is 38.6. The van der Waals surface area contributed by atoms with E-state index in [-0.39, 0.29) is 0 Å². The number of fused-ring (bicyclic) bond motifs is 15. The molecular formula is C137H85N9S3. The summed E-state index contributed by atoms with van der Waals surface area (Å²) in [5.74, 6) is 5.86. The van der Waals surface area contributed by atoms with Crippen LogP contribution in [-0.4, -0.2) is 44.9 Å². The largest absolute Gasteiger partial charge is 0.208 e. The van der Waals surface area contributed by atoms with Gasteiger partial charge in [0.1, 0.15) is 0 Å². The third-order valence-electron chi connectivity index (χ3n) is 28.3. The lowest BCUT2D eigenvalue weighted by Gasteiger charge is -2.17. The summed E-state index contributed by atoms with van der Waals surface area (Å²) in [7, 11) is 0. The molecule has 29 rings (SSSR count). The fraction of sp³-hybridized carbons (Fsp3) is 0. The van der Waals surface area contributed by atoms with Gasteiger partial charge in [0.05, 0.1) is 0 Å². The first-order valence-electron chi connectivity index (χ1n) is 49.9. The first-order chi connectivity index (χ1) is 73.9. The number of aromatic nitrogens is 9. The van der Waals surface area contributed by atoms with Crippen molar-refractivity contribution in [1.29, 1.82) is 0 Å². The molecule has 12 heteroatoms. The molecule has 0 amide bonds. The Kier molecular flexibility index (Phi) is 23.1. The van der Waals surface area contributed by atoms with Crippen LogP contribution < -0.4 is 0 Å². The van der Waals surface area contributed by atoms with Crippen molar-refractivity contribution in [2.75, 3.05) is 0 Å². The molecule has 0 fully saturated rings. The summed E-state index contributed by atoms with van der Waals surface area (Å²) < 4.78 is 7.27. The van der Waals surface area contributed by atoms with Crippen LogP contribution >= 0.6 is 34.0 Å². The molecule has 0 aliphatic heterocycles. The maximum absolute atomic E-state index is 5.55. The minimum absolute atomic E-state index is 0.632. The third-order valence-corrected chi connectivity index (χ3v) is 32.0. The van der Waals surface area contributed by atoms with Crippen LogP contribution in [0.15, 0.2) is 516 Å². The van der Waals surface area contributed by atoms with Crippen molar-refractivity contribution in [1.82, 2.24) is 44.9 Å². The Morgan fingerprint density at radius 1 is 0.114 bits per heavy atom. The van der Waals surface area contributed by atoms with E-state index in [4.69, 9.17) is 44.9 Å². The lowest BCUT2D eigenvalue weighted by atomic mass is 9.90. The molecule has 696 valence electrons. The standard InChI is InChI=1S/C55H33N3S.C43H27N3S.C39H25N3S/c1-4-19-37-34(15-1)18-13-27-41(37)45-32-31-35-16-2-6-21-39(35)51(45)55-57-53(56-54(58-55)48-29-14-28-46-44-25-11-12-30-50(44)59-52(46)48)47-26-10-9-24-43(47)49-33-36-17-3-5-20-38(36)40-22-7-8-23-42(40)49;1-2-14-28(15-3-1)31-19-6-8-22-36(31)41-44-42(37-23-9-7-20-33(37)32-24-12-17-29-16-4-5-18-30(29)32)46-43(45-41)38-26-13-25-35-34-21-10-11-27-39(34)47-40(35)38;1-3-14-26(15-4-1)28-18-7-9-21-32(28)37-40-38(33-22-10-8-19-29(33)27-16-5-2-6-17-27)42-39(41-37)34-24-13-23-31-30-20-11-12-25-35(30)43-36(31)34/h1-33H;1-27H;1-25H. The highest BCUT2D eigenvalue weighted by atomic mass is 32.1. The van der Waals surface area contributed by atoms with Gasteiger partial charge in [-0.25, -0.2) is 44.9 Å². The summed E-state index contributed by atoms with van der Waals surface area (Å²) in [5, 5.41) is 19.2. The molecule has 0 aliphatic carbocycles. The fourth-order valence-corrected chi connectivity index (χ4v) is 25.0. The summed E-state index contributed by atoms with van der Waals surface area (Å²) in [4.78, 5) is 47.9. The van der Waals surface area contributed by atoms with Crippen LogP contribution in [0.4, 0.5) is 0 Å². The first kappa shape index (κ1) is 88.9. The van der Waals surface area contributed by atoms with Crippen molar-refractivity contribution in [3.8, 4) is 169 Å². The van der Waals surface area contributed by atoms with E-state index < -0.39 is 0 Å². The highest BCUT2D eigenvalue weighted by Gasteiger charge is 2.28. The summed E-state index contributed by atoms with van der Waals surface area (Å²) in [6.45, 7) is 0. The van der Waals surface area contributed by atoms with E-state index in [1.165, 1.54) is 98.9 Å². The third kappa shape index (κ3) is 16.5. The van der Waals surface area contributed by atoms with Crippen LogP contribution in [0.1, 0.15) is 0 Å².